The molecule has 0 aliphatic rings. The molecular weight excluding hydrogens is 210 g/mol. The molecule has 0 amide bonds. The summed E-state index contributed by atoms with van der Waals surface area (Å²) in [7, 11) is 0. The Morgan fingerprint density at radius 3 is 2.12 bits per heavy atom. The molecule has 0 aliphatic carbocycles. The summed E-state index contributed by atoms with van der Waals surface area (Å²) < 4.78 is 0. The zero-order chi connectivity index (χ0) is 12.6. The second-order valence-corrected chi connectivity index (χ2v) is 5.44. The van der Waals surface area contributed by atoms with Crippen LogP contribution in [0.1, 0.15) is 31.9 Å². The Hall–Kier alpha value is -1.77. The first-order chi connectivity index (χ1) is 7.89. The molecule has 0 saturated carbocycles. The maximum absolute atomic E-state index is 5.73. The molecule has 3 N–H and O–H groups in total. The van der Waals surface area contributed by atoms with E-state index in [1.807, 2.05) is 6.92 Å². The molecule has 0 saturated heterocycles. The summed E-state index contributed by atoms with van der Waals surface area (Å²) >= 11 is 0. The van der Waals surface area contributed by atoms with E-state index in [0.717, 1.165) is 16.8 Å². The van der Waals surface area contributed by atoms with Crippen molar-refractivity contribution in [3.05, 3.63) is 35.4 Å². The smallest absolute Gasteiger partial charge is 0.148 e. The monoisotopic (exact) mass is 229 g/mol. The van der Waals surface area contributed by atoms with Gasteiger partial charge in [-0.2, -0.15) is 5.10 Å². The molecule has 0 spiro atoms. The molecule has 1 aromatic heterocycles. The Kier molecular flexibility index (Phi) is 2.69. The van der Waals surface area contributed by atoms with Crippen LogP contribution in [0.15, 0.2) is 24.3 Å². The minimum atomic E-state index is 0.181. The standard InChI is InChI=1S/C14H19N3/c1-9-12(16-17-13(9)15)10-5-7-11(8-6-10)14(2,3)4/h5-8H,1-4H3,(H3,15,16,17). The number of nitrogens with one attached hydrogen (secondary N) is 1. The van der Waals surface area contributed by atoms with E-state index in [2.05, 4.69) is 55.2 Å². The van der Waals surface area contributed by atoms with Crippen LogP contribution in [0.25, 0.3) is 11.3 Å². The van der Waals surface area contributed by atoms with Crippen LogP contribution in [0.2, 0.25) is 0 Å². The maximum Gasteiger partial charge on any atom is 0.148 e. The van der Waals surface area contributed by atoms with Gasteiger partial charge in [0.15, 0.2) is 0 Å². The Balaban J connectivity index is 2.40. The summed E-state index contributed by atoms with van der Waals surface area (Å²) in [5.74, 6) is 0.569. The molecule has 0 radical (unpaired) electrons. The molecule has 17 heavy (non-hydrogen) atoms. The van der Waals surface area contributed by atoms with E-state index in [4.69, 9.17) is 5.73 Å². The fraction of sp³-hybridized carbons (Fsp3) is 0.357. The van der Waals surface area contributed by atoms with Gasteiger partial charge >= 0.3 is 0 Å². The van der Waals surface area contributed by atoms with Gasteiger partial charge in [-0.05, 0) is 23.5 Å². The number of anilines is 1. The molecule has 0 unspecified atom stereocenters. The van der Waals surface area contributed by atoms with Crippen molar-refractivity contribution in [1.29, 1.82) is 0 Å². The molecular formula is C14H19N3. The van der Waals surface area contributed by atoms with Gasteiger partial charge < -0.3 is 5.73 Å². The summed E-state index contributed by atoms with van der Waals surface area (Å²) in [5.41, 5.74) is 10.4. The molecule has 3 heteroatoms. The Labute approximate surface area is 102 Å². The van der Waals surface area contributed by atoms with E-state index in [1.54, 1.807) is 0 Å². The summed E-state index contributed by atoms with van der Waals surface area (Å²) in [4.78, 5) is 0. The van der Waals surface area contributed by atoms with Crippen molar-refractivity contribution in [3.8, 4) is 11.3 Å². The SMILES string of the molecule is Cc1c(N)n[nH]c1-c1ccc(C(C)(C)C)cc1. The summed E-state index contributed by atoms with van der Waals surface area (Å²) in [6, 6.07) is 8.54. The first kappa shape index (κ1) is 11.7. The van der Waals surface area contributed by atoms with Crippen LogP contribution < -0.4 is 5.73 Å². The molecule has 2 aromatic rings. The summed E-state index contributed by atoms with van der Waals surface area (Å²) in [6.45, 7) is 8.61. The highest BCUT2D eigenvalue weighted by atomic mass is 15.2. The average molecular weight is 229 g/mol. The van der Waals surface area contributed by atoms with Crippen LogP contribution in [-0.4, -0.2) is 10.2 Å². The summed E-state index contributed by atoms with van der Waals surface area (Å²) in [6.07, 6.45) is 0. The first-order valence-corrected chi connectivity index (χ1v) is 5.81. The molecule has 0 atom stereocenters. The van der Waals surface area contributed by atoms with Gasteiger partial charge in [0.2, 0.25) is 0 Å². The second kappa shape index (κ2) is 3.91. The van der Waals surface area contributed by atoms with Crippen LogP contribution >= 0.6 is 0 Å². The van der Waals surface area contributed by atoms with Crippen molar-refractivity contribution in [1.82, 2.24) is 10.2 Å². The van der Waals surface area contributed by atoms with Crippen molar-refractivity contribution in [2.75, 3.05) is 5.73 Å². The fourth-order valence-electron chi connectivity index (χ4n) is 1.83. The Morgan fingerprint density at radius 2 is 1.71 bits per heavy atom. The van der Waals surface area contributed by atoms with Gasteiger partial charge in [-0.15, -0.1) is 0 Å². The largest absolute Gasteiger partial charge is 0.382 e. The van der Waals surface area contributed by atoms with Gasteiger partial charge in [-0.3, -0.25) is 5.10 Å². The predicted molar refractivity (Wildman–Crippen MR) is 71.9 cm³/mol. The number of hydrogen-bond donors (Lipinski definition) is 2. The quantitative estimate of drug-likeness (QED) is 0.788. The highest BCUT2D eigenvalue weighted by Gasteiger charge is 2.14. The van der Waals surface area contributed by atoms with Gasteiger partial charge in [-0.1, -0.05) is 45.0 Å². The van der Waals surface area contributed by atoms with Gasteiger partial charge in [-0.25, -0.2) is 0 Å². The van der Waals surface area contributed by atoms with E-state index in [1.165, 1.54) is 5.56 Å². The average Bonchev–Trinajstić information content (AvgIpc) is 2.59. The number of rotatable bonds is 1. The lowest BCUT2D eigenvalue weighted by molar-refractivity contribution is 0.590. The van der Waals surface area contributed by atoms with E-state index >= 15 is 0 Å². The van der Waals surface area contributed by atoms with E-state index in [0.29, 0.717) is 5.82 Å². The molecule has 0 fully saturated rings. The van der Waals surface area contributed by atoms with Crippen LogP contribution in [0.3, 0.4) is 0 Å². The lowest BCUT2D eigenvalue weighted by Gasteiger charge is -2.19. The van der Waals surface area contributed by atoms with Gasteiger partial charge in [0.1, 0.15) is 5.82 Å². The number of aromatic nitrogens is 2. The first-order valence-electron chi connectivity index (χ1n) is 5.81. The topological polar surface area (TPSA) is 54.7 Å². The number of hydrogen-bond acceptors (Lipinski definition) is 2. The van der Waals surface area contributed by atoms with Gasteiger partial charge in [0.05, 0.1) is 5.69 Å². The van der Waals surface area contributed by atoms with Crippen LogP contribution in [0.5, 0.6) is 0 Å². The number of nitrogens with zero attached hydrogens (tertiary/aromatic N) is 1. The van der Waals surface area contributed by atoms with E-state index < -0.39 is 0 Å². The number of nitrogen functional groups attached to an aromatic ring is 1. The van der Waals surface area contributed by atoms with Crippen LogP contribution in [0.4, 0.5) is 5.82 Å². The Bertz CT molecular complexity index is 515. The lowest BCUT2D eigenvalue weighted by atomic mass is 9.86. The predicted octanol–water partition coefficient (Wildman–Crippen LogP) is 3.26. The van der Waals surface area contributed by atoms with Crippen molar-refractivity contribution in [3.63, 3.8) is 0 Å². The van der Waals surface area contributed by atoms with Crippen molar-refractivity contribution in [2.24, 2.45) is 0 Å². The molecule has 3 nitrogen and oxygen atoms in total. The van der Waals surface area contributed by atoms with Gasteiger partial charge in [0.25, 0.3) is 0 Å². The number of nitrogens with two attached hydrogens (primary N) is 1. The fourth-order valence-corrected chi connectivity index (χ4v) is 1.83. The normalized spacial score (nSPS) is 11.8. The molecule has 0 aliphatic heterocycles. The second-order valence-electron chi connectivity index (χ2n) is 5.44. The highest BCUT2D eigenvalue weighted by molar-refractivity contribution is 5.67. The molecule has 2 rings (SSSR count). The summed E-state index contributed by atoms with van der Waals surface area (Å²) in [5, 5.41) is 6.99. The van der Waals surface area contributed by atoms with Crippen LogP contribution in [0, 0.1) is 6.92 Å². The maximum atomic E-state index is 5.73. The van der Waals surface area contributed by atoms with Crippen LogP contribution in [-0.2, 0) is 5.41 Å². The zero-order valence-corrected chi connectivity index (χ0v) is 10.8. The number of benzene rings is 1. The third-order valence-electron chi connectivity index (χ3n) is 3.09. The van der Waals surface area contributed by atoms with E-state index in [9.17, 15) is 0 Å². The molecule has 1 aromatic carbocycles. The number of aromatic amines is 1. The minimum absolute atomic E-state index is 0.181. The molecule has 1 heterocycles. The zero-order valence-electron chi connectivity index (χ0n) is 10.8. The lowest BCUT2D eigenvalue weighted by Crippen LogP contribution is -2.10. The minimum Gasteiger partial charge on any atom is -0.382 e. The van der Waals surface area contributed by atoms with Crippen molar-refractivity contribution >= 4 is 5.82 Å². The third kappa shape index (κ3) is 2.18. The van der Waals surface area contributed by atoms with E-state index in [-0.39, 0.29) is 5.41 Å². The molecule has 0 bridgehead atoms. The van der Waals surface area contributed by atoms with Crippen molar-refractivity contribution < 1.29 is 0 Å². The number of H-pyrrole nitrogens is 1. The van der Waals surface area contributed by atoms with Gasteiger partial charge in [0, 0.05) is 5.56 Å². The molecule has 90 valence electrons. The third-order valence-corrected chi connectivity index (χ3v) is 3.09. The Morgan fingerprint density at radius 1 is 1.12 bits per heavy atom. The highest BCUT2D eigenvalue weighted by Crippen LogP contribution is 2.27. The van der Waals surface area contributed by atoms with Crippen molar-refractivity contribution in [2.45, 2.75) is 33.1 Å².